The summed E-state index contributed by atoms with van der Waals surface area (Å²) in [5, 5.41) is 10.6. The number of esters is 1. The summed E-state index contributed by atoms with van der Waals surface area (Å²) in [6, 6.07) is 6.40. The van der Waals surface area contributed by atoms with Crippen LogP contribution < -0.4 is 0 Å². The summed E-state index contributed by atoms with van der Waals surface area (Å²) in [4.78, 5) is 34.8. The lowest BCUT2D eigenvalue weighted by Crippen LogP contribution is -2.53. The van der Waals surface area contributed by atoms with E-state index in [0.29, 0.717) is 32.0 Å². The average molecular weight is 610 g/mol. The molecule has 2 fully saturated rings. The van der Waals surface area contributed by atoms with E-state index >= 15 is 0 Å². The molecule has 4 rings (SSSR count). The van der Waals surface area contributed by atoms with Gasteiger partial charge in [-0.2, -0.15) is 0 Å². The van der Waals surface area contributed by atoms with Crippen LogP contribution in [0.1, 0.15) is 71.4 Å². The van der Waals surface area contributed by atoms with E-state index in [4.69, 9.17) is 14.2 Å². The van der Waals surface area contributed by atoms with Crippen LogP contribution in [0.15, 0.2) is 60.3 Å². The molecule has 1 amide bonds. The highest BCUT2D eigenvalue weighted by Gasteiger charge is 2.31. The number of rotatable bonds is 6. The number of nitrogens with zero attached hydrogens (tertiary/aromatic N) is 3. The van der Waals surface area contributed by atoms with E-state index in [-0.39, 0.29) is 30.3 Å². The lowest BCUT2D eigenvalue weighted by molar-refractivity contribution is -0.151. The highest BCUT2D eigenvalue weighted by Crippen LogP contribution is 2.25. The summed E-state index contributed by atoms with van der Waals surface area (Å²) in [5.41, 5.74) is 1.86. The molecular weight excluding hydrogens is 558 g/mol. The number of hydrogen-bond donors (Lipinski definition) is 1. The topological polar surface area (TPSA) is 101 Å². The van der Waals surface area contributed by atoms with Gasteiger partial charge in [0.2, 0.25) is 0 Å². The zero-order valence-corrected chi connectivity index (χ0v) is 26.8. The molecule has 9 nitrogen and oxygen atoms in total. The molecule has 242 valence electrons. The van der Waals surface area contributed by atoms with Gasteiger partial charge in [-0.15, -0.1) is 0 Å². The normalized spacial score (nSPS) is 30.2. The van der Waals surface area contributed by atoms with Gasteiger partial charge in [0.15, 0.2) is 0 Å². The summed E-state index contributed by atoms with van der Waals surface area (Å²) < 4.78 is 17.5. The number of cyclic esters (lactones) is 1. The number of hydrogen-bond acceptors (Lipinski definition) is 8. The van der Waals surface area contributed by atoms with Crippen molar-refractivity contribution >= 4 is 12.1 Å². The number of allylic oxidation sites excluding steroid dienone is 3. The van der Waals surface area contributed by atoms with Crippen molar-refractivity contribution in [2.24, 2.45) is 11.8 Å². The van der Waals surface area contributed by atoms with Crippen LogP contribution in [0.2, 0.25) is 0 Å². The number of ether oxygens (including phenoxy) is 3. The van der Waals surface area contributed by atoms with Crippen molar-refractivity contribution in [1.29, 1.82) is 0 Å². The van der Waals surface area contributed by atoms with Gasteiger partial charge in [0.25, 0.3) is 0 Å². The fourth-order valence-corrected chi connectivity index (χ4v) is 6.17. The second-order valence-corrected chi connectivity index (χ2v) is 12.6. The number of aliphatic hydroxyl groups is 1. The van der Waals surface area contributed by atoms with Gasteiger partial charge in [0, 0.05) is 69.2 Å². The van der Waals surface area contributed by atoms with Crippen LogP contribution in [0.25, 0.3) is 0 Å². The molecule has 44 heavy (non-hydrogen) atoms. The smallest absolute Gasteiger partial charge is 0.410 e. The summed E-state index contributed by atoms with van der Waals surface area (Å²) >= 11 is 0. The SMILES string of the molecule is C/C(=C\C=C\[C@@H](C)c1ccccn1)[C@H]1OC(=O)C[C@H](O)CC[C@H](C)[C@@H](OC(=O)N2CCN(C3CCOCC3)CC2)/C=C/[C@@H]1C. The summed E-state index contributed by atoms with van der Waals surface area (Å²) in [7, 11) is 0. The summed E-state index contributed by atoms with van der Waals surface area (Å²) in [5.74, 6) is -0.488. The molecule has 2 saturated heterocycles. The van der Waals surface area contributed by atoms with E-state index in [2.05, 4.69) is 22.9 Å². The Morgan fingerprint density at radius 3 is 2.55 bits per heavy atom. The Bertz CT molecular complexity index is 1140. The highest BCUT2D eigenvalue weighted by molar-refractivity contribution is 5.70. The van der Waals surface area contributed by atoms with Gasteiger partial charge in [0.1, 0.15) is 12.2 Å². The maximum Gasteiger partial charge on any atom is 0.410 e. The quantitative estimate of drug-likeness (QED) is 0.264. The first-order valence-corrected chi connectivity index (χ1v) is 16.3. The molecule has 1 N–H and O–H groups in total. The van der Waals surface area contributed by atoms with Crippen molar-refractivity contribution in [3.05, 3.63) is 66.0 Å². The number of carbonyl (C=O) groups excluding carboxylic acids is 2. The summed E-state index contributed by atoms with van der Waals surface area (Å²) in [6.45, 7) is 12.6. The molecule has 0 aromatic carbocycles. The predicted octanol–water partition coefficient (Wildman–Crippen LogP) is 5.27. The Morgan fingerprint density at radius 1 is 1.09 bits per heavy atom. The van der Waals surface area contributed by atoms with Crippen LogP contribution in [0.3, 0.4) is 0 Å². The lowest BCUT2D eigenvalue weighted by Gasteiger charge is -2.40. The van der Waals surface area contributed by atoms with Crippen molar-refractivity contribution < 1.29 is 28.9 Å². The minimum Gasteiger partial charge on any atom is -0.457 e. The number of aliphatic hydroxyl groups excluding tert-OH is 1. The molecule has 0 aliphatic carbocycles. The molecule has 4 heterocycles. The first kappa shape index (κ1) is 33.9. The van der Waals surface area contributed by atoms with Gasteiger partial charge < -0.3 is 24.2 Å². The third-order valence-electron chi connectivity index (χ3n) is 9.14. The van der Waals surface area contributed by atoms with Gasteiger partial charge in [-0.05, 0) is 62.3 Å². The predicted molar refractivity (Wildman–Crippen MR) is 170 cm³/mol. The Hall–Kier alpha value is -3.01. The van der Waals surface area contributed by atoms with Crippen molar-refractivity contribution in [3.63, 3.8) is 0 Å². The molecule has 1 aromatic heterocycles. The molecule has 6 atom stereocenters. The maximum atomic E-state index is 13.3. The second-order valence-electron chi connectivity index (χ2n) is 12.6. The fourth-order valence-electron chi connectivity index (χ4n) is 6.17. The first-order chi connectivity index (χ1) is 21.2. The van der Waals surface area contributed by atoms with E-state index in [1.807, 2.05) is 63.3 Å². The molecule has 3 aliphatic rings. The number of amides is 1. The average Bonchev–Trinajstić information content (AvgIpc) is 3.04. The third kappa shape index (κ3) is 10.0. The van der Waals surface area contributed by atoms with Gasteiger partial charge in [-0.1, -0.05) is 51.1 Å². The largest absolute Gasteiger partial charge is 0.457 e. The Morgan fingerprint density at radius 2 is 1.84 bits per heavy atom. The van der Waals surface area contributed by atoms with Crippen LogP contribution in [0.5, 0.6) is 0 Å². The van der Waals surface area contributed by atoms with Gasteiger partial charge in [0.05, 0.1) is 12.5 Å². The Labute approximate surface area is 262 Å². The van der Waals surface area contributed by atoms with E-state index in [0.717, 1.165) is 50.4 Å². The molecule has 0 spiro atoms. The minimum absolute atomic E-state index is 0.0258. The van der Waals surface area contributed by atoms with Crippen LogP contribution in [-0.4, -0.2) is 95.7 Å². The van der Waals surface area contributed by atoms with E-state index < -0.39 is 24.3 Å². The molecule has 3 aliphatic heterocycles. The van der Waals surface area contributed by atoms with Gasteiger partial charge in [-0.3, -0.25) is 14.7 Å². The molecule has 0 unspecified atom stereocenters. The van der Waals surface area contributed by atoms with Crippen LogP contribution in [0, 0.1) is 11.8 Å². The lowest BCUT2D eigenvalue weighted by atomic mass is 9.92. The fraction of sp³-hybridized carbons (Fsp3) is 0.629. The molecule has 0 bridgehead atoms. The Kier molecular flexibility index (Phi) is 13.0. The number of aromatic nitrogens is 1. The molecule has 9 heteroatoms. The standard InChI is InChI=1S/C35H51N3O6/c1-25(31-10-5-6-17-36-31)8-7-9-27(3)34-28(4)12-14-32(26(2)11-13-30(39)24-33(40)44-34)43-35(41)38-20-18-37(19-21-38)29-15-22-42-23-16-29/h5-10,12,14,17,25-26,28-30,32,34,39H,11,13,15-16,18-24H2,1-4H3/b8-7+,14-12+,27-9+/t25-,26+,28+,30-,32+,34-/m1/s1. The van der Waals surface area contributed by atoms with Crippen LogP contribution in [-0.2, 0) is 19.0 Å². The summed E-state index contributed by atoms with van der Waals surface area (Å²) in [6.07, 6.45) is 12.7. The van der Waals surface area contributed by atoms with E-state index in [1.165, 1.54) is 0 Å². The molecule has 0 radical (unpaired) electrons. The van der Waals surface area contributed by atoms with Crippen molar-refractivity contribution in [1.82, 2.24) is 14.8 Å². The van der Waals surface area contributed by atoms with Crippen molar-refractivity contribution in [2.75, 3.05) is 39.4 Å². The molecular formula is C35H51N3O6. The molecule has 0 saturated carbocycles. The number of pyridine rings is 1. The van der Waals surface area contributed by atoms with Crippen molar-refractivity contribution in [2.45, 2.75) is 90.1 Å². The number of carbonyl (C=O) groups is 2. The number of piperazine rings is 1. The maximum absolute atomic E-state index is 13.3. The van der Waals surface area contributed by atoms with Crippen molar-refractivity contribution in [3.8, 4) is 0 Å². The molecule has 1 aromatic rings. The minimum atomic E-state index is -0.817. The first-order valence-electron chi connectivity index (χ1n) is 16.3. The van der Waals surface area contributed by atoms with E-state index in [1.54, 1.807) is 11.1 Å². The monoisotopic (exact) mass is 609 g/mol. The highest BCUT2D eigenvalue weighted by atomic mass is 16.6. The van der Waals surface area contributed by atoms with Crippen LogP contribution >= 0.6 is 0 Å². The zero-order chi connectivity index (χ0) is 31.5. The second kappa shape index (κ2) is 16.9. The third-order valence-corrected chi connectivity index (χ3v) is 9.14. The van der Waals surface area contributed by atoms with Gasteiger partial charge >= 0.3 is 12.1 Å². The van der Waals surface area contributed by atoms with Gasteiger partial charge in [-0.25, -0.2) is 4.79 Å². The zero-order valence-electron chi connectivity index (χ0n) is 26.8. The van der Waals surface area contributed by atoms with E-state index in [9.17, 15) is 14.7 Å². The Balaban J connectivity index is 1.42. The van der Waals surface area contributed by atoms with Crippen LogP contribution in [0.4, 0.5) is 4.79 Å².